The first kappa shape index (κ1) is 20.5. The Hall–Kier alpha value is -1.51. The summed E-state index contributed by atoms with van der Waals surface area (Å²) in [7, 11) is -3.62. The quantitative estimate of drug-likeness (QED) is 0.485. The number of sulfonamides is 1. The van der Waals surface area contributed by atoms with Crippen LogP contribution in [-0.2, 0) is 15.8 Å². The van der Waals surface area contributed by atoms with Gasteiger partial charge in [0.05, 0.1) is 10.7 Å². The van der Waals surface area contributed by atoms with Crippen LogP contribution in [0.4, 0.5) is 5.69 Å². The van der Waals surface area contributed by atoms with Crippen molar-refractivity contribution in [3.63, 3.8) is 0 Å². The van der Waals surface area contributed by atoms with Crippen LogP contribution in [0.1, 0.15) is 39.2 Å². The molecule has 0 aliphatic carbocycles. The third-order valence-corrected chi connectivity index (χ3v) is 5.37. The zero-order chi connectivity index (χ0) is 18.2. The molecule has 0 aromatic heterocycles. The number of nitrogens with zero attached hydrogens (tertiary/aromatic N) is 2. The molecule has 0 saturated carbocycles. The van der Waals surface area contributed by atoms with Crippen molar-refractivity contribution in [3.8, 4) is 0 Å². The number of benzene rings is 1. The lowest BCUT2D eigenvalue weighted by Gasteiger charge is -2.19. The van der Waals surface area contributed by atoms with Gasteiger partial charge >= 0.3 is 0 Å². The van der Waals surface area contributed by atoms with Gasteiger partial charge in [-0.25, -0.2) is 13.1 Å². The van der Waals surface area contributed by atoms with Gasteiger partial charge in [-0.2, -0.15) is 0 Å². The zero-order valence-corrected chi connectivity index (χ0v) is 15.4. The molecule has 0 aliphatic heterocycles. The lowest BCUT2D eigenvalue weighted by molar-refractivity contribution is -0.385. The summed E-state index contributed by atoms with van der Waals surface area (Å²) in [6.07, 6.45) is 1.63. The number of rotatable bonds is 11. The molecular formula is C16H27N3O4S. The van der Waals surface area contributed by atoms with Gasteiger partial charge in [0.2, 0.25) is 10.0 Å². The molecule has 7 nitrogen and oxygen atoms in total. The van der Waals surface area contributed by atoms with Gasteiger partial charge in [0.1, 0.15) is 0 Å². The van der Waals surface area contributed by atoms with Gasteiger partial charge in [0.15, 0.2) is 0 Å². The average Bonchev–Trinajstić information content (AvgIpc) is 2.51. The van der Waals surface area contributed by atoms with Crippen LogP contribution in [0.15, 0.2) is 24.3 Å². The van der Waals surface area contributed by atoms with E-state index in [0.29, 0.717) is 0 Å². The second-order valence-corrected chi connectivity index (χ2v) is 7.59. The first-order chi connectivity index (χ1) is 11.3. The summed E-state index contributed by atoms with van der Waals surface area (Å²) in [6, 6.07) is 5.72. The third kappa shape index (κ3) is 6.94. The molecule has 0 fully saturated rings. The van der Waals surface area contributed by atoms with E-state index in [1.807, 2.05) is 6.92 Å². The molecule has 1 unspecified atom stereocenters. The van der Waals surface area contributed by atoms with Gasteiger partial charge < -0.3 is 4.90 Å². The number of nitro benzene ring substituents is 1. The van der Waals surface area contributed by atoms with E-state index in [2.05, 4.69) is 23.5 Å². The van der Waals surface area contributed by atoms with Crippen LogP contribution < -0.4 is 4.72 Å². The minimum Gasteiger partial charge on any atom is -0.304 e. The van der Waals surface area contributed by atoms with Crippen molar-refractivity contribution in [2.45, 2.75) is 45.4 Å². The highest BCUT2D eigenvalue weighted by molar-refractivity contribution is 7.88. The fourth-order valence-electron chi connectivity index (χ4n) is 2.58. The Morgan fingerprint density at radius 1 is 1.25 bits per heavy atom. The summed E-state index contributed by atoms with van der Waals surface area (Å²) in [5.74, 6) is -0.384. The summed E-state index contributed by atoms with van der Waals surface area (Å²) >= 11 is 0. The van der Waals surface area contributed by atoms with Gasteiger partial charge in [0, 0.05) is 17.7 Å². The standard InChI is InChI=1S/C16H27N3O4S/c1-4-18(5-2)12-8-9-14(3)17-24(22,23)13-15-10-6-7-11-16(15)19(20)21/h6-7,10-11,14,17H,4-5,8-9,12-13H2,1-3H3. The number of para-hydroxylation sites is 1. The molecule has 1 aromatic rings. The normalized spacial score (nSPS) is 13.2. The number of hydrogen-bond acceptors (Lipinski definition) is 5. The monoisotopic (exact) mass is 357 g/mol. The van der Waals surface area contributed by atoms with Gasteiger partial charge in [-0.3, -0.25) is 10.1 Å². The minimum atomic E-state index is -3.62. The molecule has 1 rings (SSSR count). The predicted molar refractivity (Wildman–Crippen MR) is 95.3 cm³/mol. The first-order valence-corrected chi connectivity index (χ1v) is 9.89. The summed E-state index contributed by atoms with van der Waals surface area (Å²) < 4.78 is 27.1. The molecule has 0 bridgehead atoms. The van der Waals surface area contributed by atoms with Gasteiger partial charge in [-0.05, 0) is 39.4 Å². The highest BCUT2D eigenvalue weighted by Crippen LogP contribution is 2.20. The largest absolute Gasteiger partial charge is 0.304 e. The van der Waals surface area contributed by atoms with Crippen LogP contribution in [0, 0.1) is 10.1 Å². The molecule has 24 heavy (non-hydrogen) atoms. The van der Waals surface area contributed by atoms with Gasteiger partial charge in [0.25, 0.3) is 5.69 Å². The Morgan fingerprint density at radius 3 is 2.46 bits per heavy atom. The lowest BCUT2D eigenvalue weighted by atomic mass is 10.2. The molecule has 136 valence electrons. The fourth-order valence-corrected chi connectivity index (χ4v) is 4.05. The van der Waals surface area contributed by atoms with E-state index in [1.165, 1.54) is 18.2 Å². The topological polar surface area (TPSA) is 92.6 Å². The summed E-state index contributed by atoms with van der Waals surface area (Å²) in [5, 5.41) is 11.0. The van der Waals surface area contributed by atoms with Crippen molar-refractivity contribution in [3.05, 3.63) is 39.9 Å². The van der Waals surface area contributed by atoms with Crippen molar-refractivity contribution >= 4 is 15.7 Å². The van der Waals surface area contributed by atoms with Crippen molar-refractivity contribution < 1.29 is 13.3 Å². The van der Waals surface area contributed by atoms with Crippen LogP contribution in [0.3, 0.4) is 0 Å². The number of nitrogens with one attached hydrogen (secondary N) is 1. The summed E-state index contributed by atoms with van der Waals surface area (Å²) in [6.45, 7) is 8.91. The Labute approximate surface area is 144 Å². The van der Waals surface area contributed by atoms with Crippen molar-refractivity contribution in [1.29, 1.82) is 0 Å². The smallest absolute Gasteiger partial charge is 0.273 e. The minimum absolute atomic E-state index is 0.169. The van der Waals surface area contributed by atoms with E-state index >= 15 is 0 Å². The molecule has 0 saturated heterocycles. The van der Waals surface area contributed by atoms with Gasteiger partial charge in [-0.1, -0.05) is 32.0 Å². The van der Waals surface area contributed by atoms with E-state index in [9.17, 15) is 18.5 Å². The maximum atomic E-state index is 12.3. The van der Waals surface area contributed by atoms with Crippen LogP contribution in [0.5, 0.6) is 0 Å². The second-order valence-electron chi connectivity index (χ2n) is 5.83. The second kappa shape index (κ2) is 9.71. The molecule has 8 heteroatoms. The summed E-state index contributed by atoms with van der Waals surface area (Å²) in [5.41, 5.74) is 0.0300. The van der Waals surface area contributed by atoms with Crippen molar-refractivity contribution in [2.24, 2.45) is 0 Å². The van der Waals surface area contributed by atoms with E-state index in [1.54, 1.807) is 6.07 Å². The zero-order valence-electron chi connectivity index (χ0n) is 14.6. The van der Waals surface area contributed by atoms with Crippen molar-refractivity contribution in [1.82, 2.24) is 9.62 Å². The maximum Gasteiger partial charge on any atom is 0.273 e. The van der Waals surface area contributed by atoms with E-state index in [0.717, 1.165) is 32.5 Å². The average molecular weight is 357 g/mol. The Kier molecular flexibility index (Phi) is 8.30. The molecular weight excluding hydrogens is 330 g/mol. The van der Waals surface area contributed by atoms with Crippen LogP contribution in [0.2, 0.25) is 0 Å². The van der Waals surface area contributed by atoms with E-state index < -0.39 is 14.9 Å². The lowest BCUT2D eigenvalue weighted by Crippen LogP contribution is -2.34. The summed E-state index contributed by atoms with van der Waals surface area (Å²) in [4.78, 5) is 12.7. The Bertz CT molecular complexity index is 630. The van der Waals surface area contributed by atoms with Crippen LogP contribution in [0.25, 0.3) is 0 Å². The molecule has 0 spiro atoms. The van der Waals surface area contributed by atoms with Crippen LogP contribution in [-0.4, -0.2) is 43.9 Å². The molecule has 0 aliphatic rings. The fraction of sp³-hybridized carbons (Fsp3) is 0.625. The van der Waals surface area contributed by atoms with E-state index in [4.69, 9.17) is 0 Å². The molecule has 0 amide bonds. The van der Waals surface area contributed by atoms with Crippen LogP contribution >= 0.6 is 0 Å². The highest BCUT2D eigenvalue weighted by atomic mass is 32.2. The predicted octanol–water partition coefficient (Wildman–Crippen LogP) is 2.52. The number of nitro groups is 1. The molecule has 0 heterocycles. The molecule has 1 N–H and O–H groups in total. The highest BCUT2D eigenvalue weighted by Gasteiger charge is 2.21. The molecule has 0 radical (unpaired) electrons. The van der Waals surface area contributed by atoms with Crippen molar-refractivity contribution in [2.75, 3.05) is 19.6 Å². The first-order valence-electron chi connectivity index (χ1n) is 8.23. The SMILES string of the molecule is CCN(CC)CCCC(C)NS(=O)(=O)Cc1ccccc1[N+](=O)[O-]. The number of hydrogen-bond donors (Lipinski definition) is 1. The van der Waals surface area contributed by atoms with E-state index in [-0.39, 0.29) is 23.0 Å². The Morgan fingerprint density at radius 2 is 1.88 bits per heavy atom. The maximum absolute atomic E-state index is 12.3. The third-order valence-electron chi connectivity index (χ3n) is 3.92. The molecule has 1 atom stereocenters. The van der Waals surface area contributed by atoms with Gasteiger partial charge in [-0.15, -0.1) is 0 Å². The molecule has 1 aromatic carbocycles. The Balaban J connectivity index is 2.59.